The molecule has 1 rings (SSSR count). The molecule has 0 saturated carbocycles. The molecule has 0 radical (unpaired) electrons. The van der Waals surface area contributed by atoms with Crippen LogP contribution in [0, 0.1) is 6.92 Å². The zero-order chi connectivity index (χ0) is 12.0. The second-order valence-corrected chi connectivity index (χ2v) is 3.55. The molecule has 0 amide bonds. The van der Waals surface area contributed by atoms with Gasteiger partial charge in [0.05, 0.1) is 0 Å². The molecule has 0 aliphatic rings. The van der Waals surface area contributed by atoms with Gasteiger partial charge in [-0.1, -0.05) is 60.7 Å². The Morgan fingerprint density at radius 1 is 1.25 bits per heavy atom. The molecule has 1 aromatic carbocycles. The standard InChI is InChI=1S/C15H16O/c1-4-6-7-13(5-2)15(16)14-10-8-12(3)9-11-14/h4-11H,2H2,1,3H3/b6-4-,13-7+. The lowest BCUT2D eigenvalue weighted by atomic mass is 10.0. The van der Waals surface area contributed by atoms with Crippen LogP contribution >= 0.6 is 0 Å². The third-order valence-electron chi connectivity index (χ3n) is 2.26. The number of hydrogen-bond donors (Lipinski definition) is 0. The maximum absolute atomic E-state index is 12.0. The molecule has 0 aliphatic heterocycles. The van der Waals surface area contributed by atoms with E-state index < -0.39 is 0 Å². The third kappa shape index (κ3) is 3.06. The van der Waals surface area contributed by atoms with Gasteiger partial charge in [-0.2, -0.15) is 0 Å². The normalized spacial score (nSPS) is 11.8. The maximum atomic E-state index is 12.0. The van der Waals surface area contributed by atoms with Crippen molar-refractivity contribution in [2.75, 3.05) is 0 Å². The molecule has 16 heavy (non-hydrogen) atoms. The smallest absolute Gasteiger partial charge is 0.192 e. The van der Waals surface area contributed by atoms with Crippen LogP contribution < -0.4 is 0 Å². The highest BCUT2D eigenvalue weighted by Gasteiger charge is 2.07. The van der Waals surface area contributed by atoms with Crippen LogP contribution in [0.15, 0.2) is 60.7 Å². The first-order chi connectivity index (χ1) is 7.69. The van der Waals surface area contributed by atoms with Crippen molar-refractivity contribution in [2.24, 2.45) is 0 Å². The van der Waals surface area contributed by atoms with Crippen LogP contribution in [0.5, 0.6) is 0 Å². The van der Waals surface area contributed by atoms with Crippen LogP contribution in [0.25, 0.3) is 0 Å². The molecular formula is C15H16O. The van der Waals surface area contributed by atoms with Crippen LogP contribution in [-0.2, 0) is 0 Å². The lowest BCUT2D eigenvalue weighted by molar-refractivity contribution is 0.103. The monoisotopic (exact) mass is 212 g/mol. The summed E-state index contributed by atoms with van der Waals surface area (Å²) >= 11 is 0. The molecule has 0 atom stereocenters. The molecule has 0 heterocycles. The van der Waals surface area contributed by atoms with Gasteiger partial charge in [0, 0.05) is 11.1 Å². The van der Waals surface area contributed by atoms with Gasteiger partial charge in [0.1, 0.15) is 0 Å². The molecule has 0 aliphatic carbocycles. The zero-order valence-electron chi connectivity index (χ0n) is 9.73. The van der Waals surface area contributed by atoms with Crippen molar-refractivity contribution in [1.29, 1.82) is 0 Å². The Kier molecular flexibility index (Phi) is 4.46. The van der Waals surface area contributed by atoms with Crippen LogP contribution in [0.4, 0.5) is 0 Å². The fourth-order valence-corrected chi connectivity index (χ4v) is 1.31. The minimum Gasteiger partial charge on any atom is -0.289 e. The highest BCUT2D eigenvalue weighted by Crippen LogP contribution is 2.10. The lowest BCUT2D eigenvalue weighted by Gasteiger charge is -2.01. The molecule has 82 valence electrons. The second-order valence-electron chi connectivity index (χ2n) is 3.55. The van der Waals surface area contributed by atoms with Gasteiger partial charge >= 0.3 is 0 Å². The molecule has 1 heteroatoms. The minimum atomic E-state index is 0.00750. The Labute approximate surface area is 96.8 Å². The topological polar surface area (TPSA) is 17.1 Å². The average molecular weight is 212 g/mol. The molecule has 0 saturated heterocycles. The number of ketones is 1. The number of allylic oxidation sites excluding steroid dienone is 5. The van der Waals surface area contributed by atoms with E-state index in [9.17, 15) is 4.79 Å². The first-order valence-electron chi connectivity index (χ1n) is 5.26. The summed E-state index contributed by atoms with van der Waals surface area (Å²) in [6.45, 7) is 7.56. The van der Waals surface area contributed by atoms with Crippen molar-refractivity contribution >= 4 is 5.78 Å². The van der Waals surface area contributed by atoms with E-state index in [4.69, 9.17) is 0 Å². The number of benzene rings is 1. The van der Waals surface area contributed by atoms with Crippen LogP contribution in [-0.4, -0.2) is 5.78 Å². The SMILES string of the molecule is C=C/C(=C\C=C/C)C(=O)c1ccc(C)cc1. The van der Waals surface area contributed by atoms with Gasteiger partial charge in [-0.05, 0) is 13.8 Å². The summed E-state index contributed by atoms with van der Waals surface area (Å²) in [6, 6.07) is 7.54. The van der Waals surface area contributed by atoms with Crippen molar-refractivity contribution in [3.8, 4) is 0 Å². The van der Waals surface area contributed by atoms with Crippen molar-refractivity contribution in [1.82, 2.24) is 0 Å². The summed E-state index contributed by atoms with van der Waals surface area (Å²) in [5.74, 6) is 0.00750. The number of carbonyl (C=O) groups is 1. The highest BCUT2D eigenvalue weighted by atomic mass is 16.1. The largest absolute Gasteiger partial charge is 0.289 e. The van der Waals surface area contributed by atoms with Gasteiger partial charge in [0.2, 0.25) is 0 Å². The molecule has 1 nitrogen and oxygen atoms in total. The van der Waals surface area contributed by atoms with Crippen molar-refractivity contribution in [3.05, 3.63) is 71.8 Å². The first-order valence-corrected chi connectivity index (χ1v) is 5.26. The second kappa shape index (κ2) is 5.86. The quantitative estimate of drug-likeness (QED) is 0.420. The maximum Gasteiger partial charge on any atom is 0.192 e. The van der Waals surface area contributed by atoms with E-state index in [2.05, 4.69) is 6.58 Å². The summed E-state index contributed by atoms with van der Waals surface area (Å²) < 4.78 is 0. The number of aryl methyl sites for hydroxylation is 1. The van der Waals surface area contributed by atoms with Crippen molar-refractivity contribution in [2.45, 2.75) is 13.8 Å². The van der Waals surface area contributed by atoms with Gasteiger partial charge < -0.3 is 0 Å². The van der Waals surface area contributed by atoms with Crippen LogP contribution in [0.2, 0.25) is 0 Å². The summed E-state index contributed by atoms with van der Waals surface area (Å²) in [5.41, 5.74) is 2.46. The molecule has 0 spiro atoms. The van der Waals surface area contributed by atoms with E-state index in [1.807, 2.05) is 50.3 Å². The van der Waals surface area contributed by atoms with E-state index >= 15 is 0 Å². The van der Waals surface area contributed by atoms with Gasteiger partial charge in [-0.25, -0.2) is 0 Å². The van der Waals surface area contributed by atoms with E-state index in [1.54, 1.807) is 12.2 Å². The molecule has 0 aromatic heterocycles. The van der Waals surface area contributed by atoms with E-state index in [0.717, 1.165) is 5.56 Å². The Morgan fingerprint density at radius 2 is 1.88 bits per heavy atom. The van der Waals surface area contributed by atoms with Gasteiger partial charge in [-0.3, -0.25) is 4.79 Å². The van der Waals surface area contributed by atoms with Crippen LogP contribution in [0.1, 0.15) is 22.8 Å². The predicted octanol–water partition coefficient (Wildman–Crippen LogP) is 3.87. The Hall–Kier alpha value is -1.89. The molecule has 1 aromatic rings. The van der Waals surface area contributed by atoms with Gasteiger partial charge in [0.25, 0.3) is 0 Å². The fraction of sp³-hybridized carbons (Fsp3) is 0.133. The van der Waals surface area contributed by atoms with Gasteiger partial charge in [-0.15, -0.1) is 0 Å². The molecule has 0 N–H and O–H groups in total. The first kappa shape index (κ1) is 12.2. The zero-order valence-corrected chi connectivity index (χ0v) is 9.73. The Bertz CT molecular complexity index is 433. The van der Waals surface area contributed by atoms with Gasteiger partial charge in [0.15, 0.2) is 5.78 Å². The number of hydrogen-bond acceptors (Lipinski definition) is 1. The molecule has 0 fully saturated rings. The summed E-state index contributed by atoms with van der Waals surface area (Å²) in [4.78, 5) is 12.0. The fourth-order valence-electron chi connectivity index (χ4n) is 1.31. The van der Waals surface area contributed by atoms with Crippen molar-refractivity contribution < 1.29 is 4.79 Å². The van der Waals surface area contributed by atoms with E-state index in [-0.39, 0.29) is 5.78 Å². The lowest BCUT2D eigenvalue weighted by Crippen LogP contribution is -2.00. The van der Waals surface area contributed by atoms with E-state index in [1.165, 1.54) is 0 Å². The Balaban J connectivity index is 3.00. The van der Waals surface area contributed by atoms with E-state index in [0.29, 0.717) is 11.1 Å². The predicted molar refractivity (Wildman–Crippen MR) is 68.6 cm³/mol. The minimum absolute atomic E-state index is 0.00750. The summed E-state index contributed by atoms with van der Waals surface area (Å²) in [6.07, 6.45) is 7.08. The number of carbonyl (C=O) groups excluding carboxylic acids is 1. The van der Waals surface area contributed by atoms with Crippen LogP contribution in [0.3, 0.4) is 0 Å². The summed E-state index contributed by atoms with van der Waals surface area (Å²) in [5, 5.41) is 0. The average Bonchev–Trinajstić information content (AvgIpc) is 2.30. The Morgan fingerprint density at radius 3 is 2.38 bits per heavy atom. The van der Waals surface area contributed by atoms with Crippen molar-refractivity contribution in [3.63, 3.8) is 0 Å². The molecular weight excluding hydrogens is 196 g/mol. The number of rotatable bonds is 4. The number of Topliss-reactive ketones (excluding diaryl/α,β-unsaturated/α-hetero) is 1. The third-order valence-corrected chi connectivity index (χ3v) is 2.26. The molecule has 0 bridgehead atoms. The summed E-state index contributed by atoms with van der Waals surface area (Å²) in [7, 11) is 0. The highest BCUT2D eigenvalue weighted by molar-refractivity contribution is 6.10. The molecule has 0 unspecified atom stereocenters.